The summed E-state index contributed by atoms with van der Waals surface area (Å²) in [5.41, 5.74) is 0. The molecule has 0 aromatic heterocycles. The van der Waals surface area contributed by atoms with Gasteiger partial charge in [-0.15, -0.1) is 0 Å². The van der Waals surface area contributed by atoms with Gasteiger partial charge in [-0.1, -0.05) is 0 Å². The normalized spacial score (nSPS) is 5.86. The Morgan fingerprint density at radius 3 is 1.71 bits per heavy atom. The molecule has 0 saturated carbocycles. The molecule has 0 heterocycles. The number of rotatable bonds is 2. The first-order valence-electron chi connectivity index (χ1n) is 2.00. The zero-order valence-corrected chi connectivity index (χ0v) is 5.54. The molecule has 32 valence electrons. The standard InChI is InChI=1S/C5H10.2Li/c1-3-5-4-2;;/h1-5H2;;. The summed E-state index contributed by atoms with van der Waals surface area (Å²) in [6.45, 7) is 7.27. The first kappa shape index (κ1) is 15.7. The second-order valence-corrected chi connectivity index (χ2v) is 1.06. The molecule has 0 saturated heterocycles. The average molecular weight is 84.0 g/mol. The van der Waals surface area contributed by atoms with Crippen LogP contribution >= 0.6 is 0 Å². The SMILES string of the molecule is [CH2+]CCC[CH2-].[Li].[Li]. The zero-order valence-electron chi connectivity index (χ0n) is 5.54. The molecule has 0 rings (SSSR count). The van der Waals surface area contributed by atoms with Gasteiger partial charge >= 0.3 is 0 Å². The monoisotopic (exact) mass is 84.1 g/mol. The maximum absolute atomic E-state index is 3.64. The van der Waals surface area contributed by atoms with Crippen LogP contribution in [-0.2, 0) is 0 Å². The van der Waals surface area contributed by atoms with E-state index in [0.29, 0.717) is 0 Å². The van der Waals surface area contributed by atoms with Gasteiger partial charge in [0.1, 0.15) is 0 Å². The van der Waals surface area contributed by atoms with Crippen LogP contribution in [0.3, 0.4) is 0 Å². The molecule has 0 aliphatic carbocycles. The Morgan fingerprint density at radius 1 is 1.29 bits per heavy atom. The minimum Gasteiger partial charge on any atom is -0.343 e. The van der Waals surface area contributed by atoms with Crippen molar-refractivity contribution in [1.29, 1.82) is 0 Å². The molecular weight excluding hydrogens is 73.9 g/mol. The largest absolute Gasteiger partial charge is 0.343 e. The molecule has 0 aliphatic rings. The fraction of sp³-hybridized carbons (Fsp3) is 0.600. The summed E-state index contributed by atoms with van der Waals surface area (Å²) in [7, 11) is 0. The third kappa shape index (κ3) is 19.3. The Bertz CT molecular complexity index is 13.6. The summed E-state index contributed by atoms with van der Waals surface area (Å²) < 4.78 is 0. The maximum Gasteiger partial charge on any atom is 0.0826 e. The summed E-state index contributed by atoms with van der Waals surface area (Å²) in [6.07, 6.45) is 3.23. The van der Waals surface area contributed by atoms with Crippen molar-refractivity contribution >= 4 is 37.7 Å². The van der Waals surface area contributed by atoms with Crippen molar-refractivity contribution < 1.29 is 0 Å². The first-order valence-corrected chi connectivity index (χ1v) is 2.00. The third-order valence-corrected chi connectivity index (χ3v) is 0.500. The molecule has 0 atom stereocenters. The van der Waals surface area contributed by atoms with Crippen molar-refractivity contribution in [3.05, 3.63) is 13.8 Å². The molecule has 0 unspecified atom stereocenters. The van der Waals surface area contributed by atoms with Crippen molar-refractivity contribution in [2.45, 2.75) is 19.3 Å². The molecule has 0 aromatic rings. The Morgan fingerprint density at radius 2 is 1.71 bits per heavy atom. The zero-order chi connectivity index (χ0) is 4.12. The van der Waals surface area contributed by atoms with Crippen molar-refractivity contribution in [2.24, 2.45) is 0 Å². The van der Waals surface area contributed by atoms with E-state index < -0.39 is 0 Å². The second kappa shape index (κ2) is 15.7. The van der Waals surface area contributed by atoms with Gasteiger partial charge in [-0.3, -0.25) is 0 Å². The molecule has 2 radical (unpaired) electrons. The van der Waals surface area contributed by atoms with Gasteiger partial charge in [0.15, 0.2) is 0 Å². The number of hydrogen-bond acceptors (Lipinski definition) is 0. The van der Waals surface area contributed by atoms with E-state index in [2.05, 4.69) is 13.8 Å². The molecule has 0 fully saturated rings. The second-order valence-electron chi connectivity index (χ2n) is 1.06. The van der Waals surface area contributed by atoms with E-state index >= 15 is 0 Å². The molecule has 0 nitrogen and oxygen atoms in total. The van der Waals surface area contributed by atoms with Crippen LogP contribution in [0.4, 0.5) is 0 Å². The molecule has 7 heavy (non-hydrogen) atoms. The van der Waals surface area contributed by atoms with Gasteiger partial charge in [-0.2, -0.15) is 6.42 Å². The smallest absolute Gasteiger partial charge is 0.0826 e. The minimum absolute atomic E-state index is 0. The van der Waals surface area contributed by atoms with Crippen LogP contribution in [0.25, 0.3) is 0 Å². The molecule has 2 heteroatoms. The van der Waals surface area contributed by atoms with Crippen molar-refractivity contribution in [2.75, 3.05) is 0 Å². The molecular formula is C5H10Li2. The third-order valence-electron chi connectivity index (χ3n) is 0.500. The van der Waals surface area contributed by atoms with Gasteiger partial charge in [0.2, 0.25) is 0 Å². The quantitative estimate of drug-likeness (QED) is 0.346. The van der Waals surface area contributed by atoms with E-state index in [1.54, 1.807) is 0 Å². The Kier molecular flexibility index (Phi) is 35.3. The summed E-state index contributed by atoms with van der Waals surface area (Å²) in [5.74, 6) is 0. The molecule has 0 N–H and O–H groups in total. The van der Waals surface area contributed by atoms with Crippen LogP contribution in [0, 0.1) is 13.8 Å². The molecule has 0 aromatic carbocycles. The van der Waals surface area contributed by atoms with Crippen molar-refractivity contribution in [1.82, 2.24) is 0 Å². The van der Waals surface area contributed by atoms with Crippen LogP contribution in [0.1, 0.15) is 19.3 Å². The Labute approximate surface area is 70.8 Å². The summed E-state index contributed by atoms with van der Waals surface area (Å²) >= 11 is 0. The van der Waals surface area contributed by atoms with Crippen LogP contribution < -0.4 is 0 Å². The topological polar surface area (TPSA) is 0 Å². The number of unbranched alkanes of at least 4 members (excludes halogenated alkanes) is 2. The predicted octanol–water partition coefficient (Wildman–Crippen LogP) is 1.06. The number of hydrogen-bond donors (Lipinski definition) is 0. The van der Waals surface area contributed by atoms with Gasteiger partial charge in [-0.05, 0) is 6.42 Å². The van der Waals surface area contributed by atoms with E-state index in [4.69, 9.17) is 0 Å². The van der Waals surface area contributed by atoms with E-state index in [-0.39, 0.29) is 37.7 Å². The van der Waals surface area contributed by atoms with E-state index in [1.807, 2.05) is 0 Å². The van der Waals surface area contributed by atoms with Gasteiger partial charge in [-0.25, -0.2) is 0 Å². The molecule has 0 spiro atoms. The van der Waals surface area contributed by atoms with Crippen LogP contribution in [0.2, 0.25) is 0 Å². The van der Waals surface area contributed by atoms with Gasteiger partial charge in [0.25, 0.3) is 0 Å². The molecule has 0 amide bonds. The van der Waals surface area contributed by atoms with E-state index in [9.17, 15) is 0 Å². The Balaban J connectivity index is -0.0000000800. The van der Waals surface area contributed by atoms with Crippen molar-refractivity contribution in [3.8, 4) is 0 Å². The first-order chi connectivity index (χ1) is 2.41. The maximum atomic E-state index is 3.64. The molecule has 0 bridgehead atoms. The van der Waals surface area contributed by atoms with Crippen LogP contribution in [-0.4, -0.2) is 37.7 Å². The van der Waals surface area contributed by atoms with Crippen LogP contribution in [0.5, 0.6) is 0 Å². The van der Waals surface area contributed by atoms with E-state index in [1.165, 1.54) is 6.42 Å². The minimum atomic E-state index is 0. The fourth-order valence-electron chi connectivity index (χ4n) is 0.177. The van der Waals surface area contributed by atoms with E-state index in [0.717, 1.165) is 12.8 Å². The predicted molar refractivity (Wildman–Crippen MR) is 36.1 cm³/mol. The summed E-state index contributed by atoms with van der Waals surface area (Å²) in [4.78, 5) is 0. The average Bonchev–Trinajstić information content (AvgIpc) is 1.41. The summed E-state index contributed by atoms with van der Waals surface area (Å²) in [6, 6.07) is 0. The van der Waals surface area contributed by atoms with Crippen LogP contribution in [0.15, 0.2) is 0 Å². The Hall–Kier alpha value is 1.06. The van der Waals surface area contributed by atoms with Crippen molar-refractivity contribution in [3.63, 3.8) is 0 Å². The molecule has 0 aliphatic heterocycles. The van der Waals surface area contributed by atoms with Gasteiger partial charge < -0.3 is 6.92 Å². The fourth-order valence-corrected chi connectivity index (χ4v) is 0.177. The van der Waals surface area contributed by atoms with Gasteiger partial charge in [0.05, 0.1) is 13.3 Å². The summed E-state index contributed by atoms with van der Waals surface area (Å²) in [5, 5.41) is 0. The van der Waals surface area contributed by atoms with Gasteiger partial charge in [0, 0.05) is 37.7 Å².